The van der Waals surface area contributed by atoms with Crippen molar-refractivity contribution in [3.8, 4) is 5.75 Å². The third-order valence-corrected chi connectivity index (χ3v) is 4.36. The van der Waals surface area contributed by atoms with Crippen LogP contribution in [0.3, 0.4) is 0 Å². The fraction of sp³-hybridized carbons (Fsp3) is 0.294. The Morgan fingerprint density at radius 2 is 2.22 bits per heavy atom. The van der Waals surface area contributed by atoms with Gasteiger partial charge in [0.1, 0.15) is 5.75 Å². The van der Waals surface area contributed by atoms with Gasteiger partial charge in [-0.15, -0.1) is 0 Å². The number of carbonyl (C=O) groups excluding carboxylic acids is 2. The van der Waals surface area contributed by atoms with Crippen LogP contribution in [0.5, 0.6) is 5.75 Å². The van der Waals surface area contributed by atoms with Crippen molar-refractivity contribution in [2.75, 3.05) is 5.32 Å². The molecule has 2 amide bonds. The van der Waals surface area contributed by atoms with Crippen molar-refractivity contribution in [3.05, 3.63) is 47.2 Å². The molecule has 1 aromatic rings. The number of benzene rings is 1. The highest BCUT2D eigenvalue weighted by molar-refractivity contribution is 6.03. The predicted octanol–water partition coefficient (Wildman–Crippen LogP) is 1.65. The number of allylic oxidation sites excluding steroid dienone is 1. The van der Waals surface area contributed by atoms with E-state index >= 15 is 0 Å². The van der Waals surface area contributed by atoms with Gasteiger partial charge in [-0.3, -0.25) is 9.59 Å². The second kappa shape index (κ2) is 5.46. The number of primary amides is 1. The van der Waals surface area contributed by atoms with Crippen molar-refractivity contribution in [2.45, 2.75) is 32.4 Å². The molecular formula is C17H19N3O3. The molecule has 0 saturated heterocycles. The number of carbonyl (C=O) groups is 2. The van der Waals surface area contributed by atoms with Crippen LogP contribution < -0.4 is 11.1 Å². The number of phenols is 1. The number of nitrogens with two attached hydrogens (primary N) is 1. The summed E-state index contributed by atoms with van der Waals surface area (Å²) in [5, 5.41) is 13.5. The Balaban J connectivity index is 2.01. The van der Waals surface area contributed by atoms with E-state index in [2.05, 4.69) is 5.32 Å². The Morgan fingerprint density at radius 3 is 2.91 bits per heavy atom. The second-order valence-electron chi connectivity index (χ2n) is 6.01. The topological polar surface area (TPSA) is 95.7 Å². The third kappa shape index (κ3) is 2.56. The van der Waals surface area contributed by atoms with Gasteiger partial charge in [0.05, 0.1) is 17.3 Å². The highest BCUT2D eigenvalue weighted by Gasteiger charge is 2.37. The first-order valence-electron chi connectivity index (χ1n) is 7.48. The Hall–Kier alpha value is -2.76. The van der Waals surface area contributed by atoms with Crippen molar-refractivity contribution in [1.29, 1.82) is 0 Å². The van der Waals surface area contributed by atoms with Gasteiger partial charge in [-0.2, -0.15) is 0 Å². The first-order valence-corrected chi connectivity index (χ1v) is 7.48. The van der Waals surface area contributed by atoms with Crippen molar-refractivity contribution >= 4 is 17.5 Å². The summed E-state index contributed by atoms with van der Waals surface area (Å²) in [5.41, 5.74) is 7.64. The predicted molar refractivity (Wildman–Crippen MR) is 86.9 cm³/mol. The molecule has 6 heteroatoms. The number of nitrogens with zero attached hydrogens (tertiary/aromatic N) is 1. The molecule has 0 radical (unpaired) electrons. The Kier molecular flexibility index (Phi) is 3.60. The normalized spacial score (nSPS) is 23.1. The van der Waals surface area contributed by atoms with Gasteiger partial charge in [-0.05, 0) is 37.5 Å². The highest BCUT2D eigenvalue weighted by Crippen LogP contribution is 2.38. The fourth-order valence-corrected chi connectivity index (χ4v) is 3.08. The number of aromatic hydroxyl groups is 1. The van der Waals surface area contributed by atoms with E-state index in [9.17, 15) is 14.7 Å². The zero-order valence-corrected chi connectivity index (χ0v) is 13.0. The third-order valence-electron chi connectivity index (χ3n) is 4.36. The first-order chi connectivity index (χ1) is 10.9. The average molecular weight is 313 g/mol. The van der Waals surface area contributed by atoms with E-state index in [1.54, 1.807) is 36.2 Å². The number of aryl methyl sites for hydroxylation is 1. The molecule has 120 valence electrons. The molecule has 2 atom stereocenters. The minimum atomic E-state index is -0.517. The minimum absolute atomic E-state index is 0.0522. The van der Waals surface area contributed by atoms with Gasteiger partial charge < -0.3 is 21.1 Å². The molecule has 23 heavy (non-hydrogen) atoms. The molecule has 0 saturated carbocycles. The smallest absolute Gasteiger partial charge is 0.260 e. The van der Waals surface area contributed by atoms with Gasteiger partial charge >= 0.3 is 0 Å². The Bertz CT molecular complexity index is 752. The number of hydrogen-bond donors (Lipinski definition) is 3. The van der Waals surface area contributed by atoms with E-state index in [1.807, 2.05) is 6.92 Å². The number of phenolic OH excluding ortho intramolecular Hbond substituents is 1. The Morgan fingerprint density at radius 1 is 1.48 bits per heavy atom. The molecule has 2 aliphatic rings. The summed E-state index contributed by atoms with van der Waals surface area (Å²) in [4.78, 5) is 25.4. The maximum absolute atomic E-state index is 12.8. The SMILES string of the molecule is Cc1ccc2c(c1O)NC(C)C1CC(C=CC(N)=O)=CN1C2=O. The van der Waals surface area contributed by atoms with E-state index in [4.69, 9.17) is 5.73 Å². The van der Waals surface area contributed by atoms with Crippen molar-refractivity contribution < 1.29 is 14.7 Å². The van der Waals surface area contributed by atoms with Crippen LogP contribution in [0.1, 0.15) is 29.3 Å². The van der Waals surface area contributed by atoms with Crippen LogP contribution in [-0.2, 0) is 4.79 Å². The lowest BCUT2D eigenvalue weighted by atomic mass is 10.0. The maximum Gasteiger partial charge on any atom is 0.260 e. The van der Waals surface area contributed by atoms with E-state index in [-0.39, 0.29) is 23.7 Å². The van der Waals surface area contributed by atoms with Gasteiger partial charge in [0.2, 0.25) is 5.91 Å². The van der Waals surface area contributed by atoms with Gasteiger partial charge in [0, 0.05) is 18.3 Å². The van der Waals surface area contributed by atoms with Gasteiger partial charge in [0.25, 0.3) is 5.91 Å². The second-order valence-corrected chi connectivity index (χ2v) is 6.01. The minimum Gasteiger partial charge on any atom is -0.505 e. The molecule has 0 bridgehead atoms. The van der Waals surface area contributed by atoms with Gasteiger partial charge in [-0.1, -0.05) is 12.1 Å². The summed E-state index contributed by atoms with van der Waals surface area (Å²) in [6, 6.07) is 3.32. The zero-order valence-electron chi connectivity index (χ0n) is 13.0. The molecule has 0 aliphatic carbocycles. The van der Waals surface area contributed by atoms with Crippen molar-refractivity contribution in [3.63, 3.8) is 0 Å². The molecule has 0 aromatic heterocycles. The lowest BCUT2D eigenvalue weighted by Gasteiger charge is -2.26. The lowest BCUT2D eigenvalue weighted by Crippen LogP contribution is -2.40. The number of rotatable bonds is 2. The molecular weight excluding hydrogens is 294 g/mol. The van der Waals surface area contributed by atoms with Gasteiger partial charge in [-0.25, -0.2) is 0 Å². The van der Waals surface area contributed by atoms with E-state index in [0.29, 0.717) is 17.7 Å². The molecule has 0 spiro atoms. The Labute approximate surface area is 134 Å². The molecule has 3 rings (SSSR count). The van der Waals surface area contributed by atoms with Crippen LogP contribution >= 0.6 is 0 Å². The van der Waals surface area contributed by atoms with Crippen LogP contribution in [0.15, 0.2) is 36.1 Å². The van der Waals surface area contributed by atoms with Crippen LogP contribution in [-0.4, -0.2) is 33.9 Å². The summed E-state index contributed by atoms with van der Waals surface area (Å²) < 4.78 is 0. The molecule has 2 heterocycles. The molecule has 0 fully saturated rings. The fourth-order valence-electron chi connectivity index (χ4n) is 3.08. The molecule has 4 N–H and O–H groups in total. The largest absolute Gasteiger partial charge is 0.505 e. The van der Waals surface area contributed by atoms with E-state index in [1.165, 1.54) is 6.08 Å². The number of hydrogen-bond acceptors (Lipinski definition) is 4. The van der Waals surface area contributed by atoms with Crippen LogP contribution in [0.25, 0.3) is 0 Å². The summed E-state index contributed by atoms with van der Waals surface area (Å²) in [7, 11) is 0. The first kappa shape index (κ1) is 15.1. The summed E-state index contributed by atoms with van der Waals surface area (Å²) >= 11 is 0. The standard InChI is InChI=1S/C17H19N3O3/c1-9-3-5-12-15(16(9)22)19-10(2)13-7-11(4-6-14(18)21)8-20(13)17(12)23/h3-6,8,10,13,19,22H,7H2,1-2H3,(H2,18,21). The van der Waals surface area contributed by atoms with E-state index < -0.39 is 5.91 Å². The van der Waals surface area contributed by atoms with Crippen molar-refractivity contribution in [2.24, 2.45) is 5.73 Å². The van der Waals surface area contributed by atoms with E-state index in [0.717, 1.165) is 11.1 Å². The van der Waals surface area contributed by atoms with Crippen LogP contribution in [0, 0.1) is 6.92 Å². The quantitative estimate of drug-likeness (QED) is 0.571. The zero-order chi connectivity index (χ0) is 16.7. The van der Waals surface area contributed by atoms with Crippen molar-refractivity contribution in [1.82, 2.24) is 4.90 Å². The van der Waals surface area contributed by atoms with Crippen LogP contribution in [0.4, 0.5) is 5.69 Å². The summed E-state index contributed by atoms with van der Waals surface area (Å²) in [6.07, 6.45) is 5.31. The number of nitrogens with one attached hydrogen (secondary N) is 1. The lowest BCUT2D eigenvalue weighted by molar-refractivity contribution is -0.113. The number of anilines is 1. The summed E-state index contributed by atoms with van der Waals surface area (Å²) in [5.74, 6) is -0.572. The molecule has 6 nitrogen and oxygen atoms in total. The van der Waals surface area contributed by atoms with Crippen LogP contribution in [0.2, 0.25) is 0 Å². The molecule has 1 aromatic carbocycles. The summed E-state index contributed by atoms with van der Waals surface area (Å²) in [6.45, 7) is 3.77. The number of amides is 2. The number of fused-ring (bicyclic) bond motifs is 2. The van der Waals surface area contributed by atoms with Gasteiger partial charge in [0.15, 0.2) is 0 Å². The highest BCUT2D eigenvalue weighted by atomic mass is 16.3. The maximum atomic E-state index is 12.8. The average Bonchev–Trinajstić information content (AvgIpc) is 2.90. The monoisotopic (exact) mass is 313 g/mol. The molecule has 2 aliphatic heterocycles. The molecule has 2 unspecified atom stereocenters.